The minimum atomic E-state index is -0.290. The fourth-order valence-corrected chi connectivity index (χ4v) is 2.96. The lowest BCUT2D eigenvalue weighted by molar-refractivity contribution is 0.330. The van der Waals surface area contributed by atoms with Crippen LogP contribution in [0.5, 0.6) is 0 Å². The normalized spacial score (nSPS) is 21.8. The molecule has 2 aromatic rings. The Morgan fingerprint density at radius 3 is 3.10 bits per heavy atom. The summed E-state index contributed by atoms with van der Waals surface area (Å²) in [7, 11) is 0. The van der Waals surface area contributed by atoms with Gasteiger partial charge in [-0.3, -0.25) is 0 Å². The molecular weight excluding hydrogens is 269 g/mol. The van der Waals surface area contributed by atoms with Gasteiger partial charge in [-0.15, -0.1) is 0 Å². The third kappa shape index (κ3) is 3.13. The van der Waals surface area contributed by atoms with Crippen LogP contribution in [0.15, 0.2) is 28.8 Å². The van der Waals surface area contributed by atoms with E-state index in [1.165, 1.54) is 18.6 Å². The largest absolute Gasteiger partial charge is 0.339 e. The van der Waals surface area contributed by atoms with E-state index in [0.717, 1.165) is 25.8 Å². The van der Waals surface area contributed by atoms with Gasteiger partial charge in [0.2, 0.25) is 11.7 Å². The molecule has 1 fully saturated rings. The molecule has 2 atom stereocenters. The molecule has 5 heteroatoms. The van der Waals surface area contributed by atoms with Gasteiger partial charge in [-0.2, -0.15) is 4.98 Å². The van der Waals surface area contributed by atoms with Crippen LogP contribution in [0.2, 0.25) is 0 Å². The monoisotopic (exact) mass is 289 g/mol. The molecule has 3 rings (SSSR count). The summed E-state index contributed by atoms with van der Waals surface area (Å²) in [6, 6.07) is 6.69. The lowest BCUT2D eigenvalue weighted by atomic mass is 10.0. The lowest BCUT2D eigenvalue weighted by Crippen LogP contribution is -2.31. The van der Waals surface area contributed by atoms with Gasteiger partial charge in [0.05, 0.1) is 5.92 Å². The number of nitrogens with one attached hydrogen (secondary N) is 1. The van der Waals surface area contributed by atoms with Gasteiger partial charge in [-0.1, -0.05) is 30.6 Å². The Kier molecular flexibility index (Phi) is 4.29. The quantitative estimate of drug-likeness (QED) is 0.915. The number of hydrogen-bond acceptors (Lipinski definition) is 4. The average Bonchev–Trinajstić information content (AvgIpc) is 3.13. The Morgan fingerprint density at radius 1 is 1.38 bits per heavy atom. The van der Waals surface area contributed by atoms with Gasteiger partial charge in [0.1, 0.15) is 5.82 Å². The summed E-state index contributed by atoms with van der Waals surface area (Å²) in [5, 5.41) is 7.56. The van der Waals surface area contributed by atoms with Crippen molar-refractivity contribution in [3.63, 3.8) is 0 Å². The molecule has 0 saturated heterocycles. The first-order valence-corrected chi connectivity index (χ1v) is 7.61. The second kappa shape index (κ2) is 6.35. The molecule has 1 aliphatic rings. The van der Waals surface area contributed by atoms with Crippen molar-refractivity contribution in [2.24, 2.45) is 0 Å². The first-order chi connectivity index (χ1) is 10.3. The summed E-state index contributed by atoms with van der Waals surface area (Å²) in [5.74, 6) is 1.11. The minimum absolute atomic E-state index is 0.270. The highest BCUT2D eigenvalue weighted by atomic mass is 19.1. The van der Waals surface area contributed by atoms with Crippen LogP contribution in [0.3, 0.4) is 0 Å². The maximum atomic E-state index is 13.3. The summed E-state index contributed by atoms with van der Waals surface area (Å²) in [6.07, 6.45) is 4.49. The van der Waals surface area contributed by atoms with E-state index in [0.29, 0.717) is 23.3 Å². The number of nitrogens with zero attached hydrogens (tertiary/aromatic N) is 2. The molecule has 1 heterocycles. The molecule has 1 aliphatic carbocycles. The van der Waals surface area contributed by atoms with Crippen LogP contribution in [0.1, 0.15) is 44.4 Å². The van der Waals surface area contributed by atoms with Crippen LogP contribution in [-0.2, 0) is 0 Å². The number of halogens is 1. The SMILES string of the molecule is CCCNC1CCCC1c1nc(-c2cccc(F)c2)no1. The minimum Gasteiger partial charge on any atom is -0.339 e. The first kappa shape index (κ1) is 14.2. The van der Waals surface area contributed by atoms with E-state index in [1.807, 2.05) is 0 Å². The van der Waals surface area contributed by atoms with Crippen LogP contribution in [0.4, 0.5) is 4.39 Å². The fraction of sp³-hybridized carbons (Fsp3) is 0.500. The molecule has 0 aliphatic heterocycles. The number of aromatic nitrogens is 2. The molecule has 1 aromatic heterocycles. The van der Waals surface area contributed by atoms with Crippen LogP contribution in [0, 0.1) is 5.82 Å². The van der Waals surface area contributed by atoms with E-state index in [4.69, 9.17) is 4.52 Å². The van der Waals surface area contributed by atoms with E-state index in [-0.39, 0.29) is 11.7 Å². The summed E-state index contributed by atoms with van der Waals surface area (Å²) in [4.78, 5) is 4.48. The zero-order valence-corrected chi connectivity index (χ0v) is 12.2. The third-order valence-electron chi connectivity index (χ3n) is 4.01. The molecule has 0 amide bonds. The molecular formula is C16H20FN3O. The number of rotatable bonds is 5. The van der Waals surface area contributed by atoms with Gasteiger partial charge in [0.15, 0.2) is 0 Å². The highest BCUT2D eigenvalue weighted by Crippen LogP contribution is 2.34. The zero-order chi connectivity index (χ0) is 14.7. The Labute approximate surface area is 123 Å². The Balaban J connectivity index is 1.78. The van der Waals surface area contributed by atoms with Crippen molar-refractivity contribution in [1.29, 1.82) is 0 Å². The predicted octanol–water partition coefficient (Wildman–Crippen LogP) is 3.51. The maximum absolute atomic E-state index is 13.3. The van der Waals surface area contributed by atoms with E-state index in [1.54, 1.807) is 12.1 Å². The molecule has 1 saturated carbocycles. The fourth-order valence-electron chi connectivity index (χ4n) is 2.96. The van der Waals surface area contributed by atoms with E-state index >= 15 is 0 Å². The Hall–Kier alpha value is -1.75. The Morgan fingerprint density at radius 2 is 2.29 bits per heavy atom. The third-order valence-corrected chi connectivity index (χ3v) is 4.01. The molecule has 0 spiro atoms. The molecule has 1 N–H and O–H groups in total. The highest BCUT2D eigenvalue weighted by molar-refractivity contribution is 5.53. The van der Waals surface area contributed by atoms with Crippen molar-refractivity contribution in [3.05, 3.63) is 36.0 Å². The van der Waals surface area contributed by atoms with Gasteiger partial charge < -0.3 is 9.84 Å². The van der Waals surface area contributed by atoms with E-state index in [9.17, 15) is 4.39 Å². The number of hydrogen-bond donors (Lipinski definition) is 1. The summed E-state index contributed by atoms with van der Waals surface area (Å²) < 4.78 is 18.7. The van der Waals surface area contributed by atoms with Gasteiger partial charge in [0.25, 0.3) is 0 Å². The molecule has 21 heavy (non-hydrogen) atoms. The van der Waals surface area contributed by atoms with Crippen LogP contribution >= 0.6 is 0 Å². The summed E-state index contributed by atoms with van der Waals surface area (Å²) in [6.45, 7) is 3.16. The topological polar surface area (TPSA) is 51.0 Å². The van der Waals surface area contributed by atoms with Crippen molar-refractivity contribution in [3.8, 4) is 11.4 Å². The number of benzene rings is 1. The highest BCUT2D eigenvalue weighted by Gasteiger charge is 2.32. The first-order valence-electron chi connectivity index (χ1n) is 7.61. The van der Waals surface area contributed by atoms with Gasteiger partial charge in [-0.05, 0) is 37.9 Å². The van der Waals surface area contributed by atoms with Crippen molar-refractivity contribution in [1.82, 2.24) is 15.5 Å². The molecule has 2 unspecified atom stereocenters. The maximum Gasteiger partial charge on any atom is 0.231 e. The van der Waals surface area contributed by atoms with E-state index in [2.05, 4.69) is 22.4 Å². The molecule has 4 nitrogen and oxygen atoms in total. The van der Waals surface area contributed by atoms with Gasteiger partial charge >= 0.3 is 0 Å². The van der Waals surface area contributed by atoms with Crippen LogP contribution in [-0.4, -0.2) is 22.7 Å². The lowest BCUT2D eigenvalue weighted by Gasteiger charge is -2.17. The summed E-state index contributed by atoms with van der Waals surface area (Å²) in [5.41, 5.74) is 0.654. The second-order valence-electron chi connectivity index (χ2n) is 5.56. The molecule has 1 aromatic carbocycles. The van der Waals surface area contributed by atoms with Crippen LogP contribution < -0.4 is 5.32 Å². The van der Waals surface area contributed by atoms with Gasteiger partial charge in [0, 0.05) is 11.6 Å². The average molecular weight is 289 g/mol. The molecule has 112 valence electrons. The van der Waals surface area contributed by atoms with Crippen molar-refractivity contribution >= 4 is 0 Å². The smallest absolute Gasteiger partial charge is 0.231 e. The predicted molar refractivity (Wildman–Crippen MR) is 78.4 cm³/mol. The standard InChI is InChI=1S/C16H20FN3O/c1-2-9-18-14-8-4-7-13(14)16-19-15(20-21-16)11-5-3-6-12(17)10-11/h3,5-6,10,13-14,18H,2,4,7-9H2,1H3. The zero-order valence-electron chi connectivity index (χ0n) is 12.2. The van der Waals surface area contributed by atoms with Gasteiger partial charge in [-0.25, -0.2) is 4.39 Å². The summed E-state index contributed by atoms with van der Waals surface area (Å²) >= 11 is 0. The van der Waals surface area contributed by atoms with Crippen molar-refractivity contribution in [2.45, 2.75) is 44.6 Å². The van der Waals surface area contributed by atoms with Crippen LogP contribution in [0.25, 0.3) is 11.4 Å². The Bertz CT molecular complexity index is 599. The van der Waals surface area contributed by atoms with Crippen molar-refractivity contribution in [2.75, 3.05) is 6.54 Å². The van der Waals surface area contributed by atoms with E-state index < -0.39 is 0 Å². The second-order valence-corrected chi connectivity index (χ2v) is 5.56. The molecule has 0 radical (unpaired) electrons. The molecule has 0 bridgehead atoms. The van der Waals surface area contributed by atoms with Crippen molar-refractivity contribution < 1.29 is 8.91 Å².